The predicted molar refractivity (Wildman–Crippen MR) is 123 cm³/mol. The van der Waals surface area contributed by atoms with Gasteiger partial charge in [0, 0.05) is 4.88 Å². The molecule has 1 saturated heterocycles. The summed E-state index contributed by atoms with van der Waals surface area (Å²) in [6, 6.07) is 0. The molecule has 1 aromatic heterocycles. The van der Waals surface area contributed by atoms with E-state index >= 15 is 0 Å². The summed E-state index contributed by atoms with van der Waals surface area (Å²) in [4.78, 5) is 65.0. The van der Waals surface area contributed by atoms with Crippen molar-refractivity contribution in [2.75, 3.05) is 18.5 Å². The van der Waals surface area contributed by atoms with Gasteiger partial charge in [-0.05, 0) is 57.9 Å². The van der Waals surface area contributed by atoms with Gasteiger partial charge in [-0.3, -0.25) is 24.1 Å². The molecule has 3 unspecified atom stereocenters. The molecule has 9 nitrogen and oxygen atoms in total. The second-order valence-electron chi connectivity index (χ2n) is 9.02. The number of likely N-dealkylation sites (tertiary alicyclic amines) is 1. The summed E-state index contributed by atoms with van der Waals surface area (Å²) in [5, 5.41) is 3.11. The van der Waals surface area contributed by atoms with Crippen LogP contribution in [0.2, 0.25) is 0 Å². The highest BCUT2D eigenvalue weighted by atomic mass is 32.1. The molecular weight excluding hydrogens is 460 g/mol. The molecule has 0 spiro atoms. The Labute approximate surface area is 202 Å². The van der Waals surface area contributed by atoms with Gasteiger partial charge in [-0.25, -0.2) is 4.79 Å². The molecule has 4 rings (SSSR count). The molecule has 0 bridgehead atoms. The molecule has 3 amide bonds. The van der Waals surface area contributed by atoms with E-state index in [2.05, 4.69) is 5.32 Å². The smallest absolute Gasteiger partial charge is 0.341 e. The summed E-state index contributed by atoms with van der Waals surface area (Å²) >= 11 is 1.35. The fraction of sp³-hybridized carbons (Fsp3) is 0.625. The number of carbonyl (C=O) groups is 5. The van der Waals surface area contributed by atoms with Crippen molar-refractivity contribution in [1.82, 2.24) is 4.90 Å². The molecule has 2 aliphatic carbocycles. The van der Waals surface area contributed by atoms with Crippen molar-refractivity contribution in [3.63, 3.8) is 0 Å². The van der Waals surface area contributed by atoms with Crippen LogP contribution in [0.5, 0.6) is 0 Å². The number of imide groups is 1. The van der Waals surface area contributed by atoms with E-state index in [4.69, 9.17) is 9.47 Å². The molecule has 2 heterocycles. The van der Waals surface area contributed by atoms with Gasteiger partial charge >= 0.3 is 11.9 Å². The fourth-order valence-corrected chi connectivity index (χ4v) is 6.37. The van der Waals surface area contributed by atoms with Crippen LogP contribution in [0.25, 0.3) is 0 Å². The van der Waals surface area contributed by atoms with Crippen molar-refractivity contribution >= 4 is 46.0 Å². The number of thiophene rings is 1. The Morgan fingerprint density at radius 1 is 1.06 bits per heavy atom. The minimum Gasteiger partial charge on any atom is -0.462 e. The average molecular weight is 491 g/mol. The van der Waals surface area contributed by atoms with Gasteiger partial charge in [0.15, 0.2) is 6.10 Å². The Kier molecular flexibility index (Phi) is 7.35. The third kappa shape index (κ3) is 4.73. The number of esters is 2. The van der Waals surface area contributed by atoms with Crippen molar-refractivity contribution < 1.29 is 33.4 Å². The zero-order valence-corrected chi connectivity index (χ0v) is 20.3. The lowest BCUT2D eigenvalue weighted by molar-refractivity contribution is -0.158. The molecule has 3 atom stereocenters. The second-order valence-corrected chi connectivity index (χ2v) is 10.1. The number of nitrogens with one attached hydrogen (secondary N) is 1. The number of carbonyl (C=O) groups excluding carboxylic acids is 5. The summed E-state index contributed by atoms with van der Waals surface area (Å²) in [6.45, 7) is 2.86. The first-order valence-electron chi connectivity index (χ1n) is 12.0. The summed E-state index contributed by atoms with van der Waals surface area (Å²) in [6.07, 6.45) is 5.52. The van der Waals surface area contributed by atoms with E-state index in [9.17, 15) is 24.0 Å². The monoisotopic (exact) mass is 490 g/mol. The van der Waals surface area contributed by atoms with E-state index in [1.165, 1.54) is 18.3 Å². The number of amides is 3. The molecule has 34 heavy (non-hydrogen) atoms. The largest absolute Gasteiger partial charge is 0.462 e. The van der Waals surface area contributed by atoms with Crippen LogP contribution < -0.4 is 5.32 Å². The number of hydrogen-bond donors (Lipinski definition) is 1. The first kappa shape index (κ1) is 24.4. The minimum atomic E-state index is -1.17. The molecule has 2 fully saturated rings. The number of hydrogen-bond acceptors (Lipinski definition) is 8. The Balaban J connectivity index is 1.39. The van der Waals surface area contributed by atoms with E-state index in [-0.39, 0.29) is 30.3 Å². The molecule has 3 aliphatic rings. The lowest BCUT2D eigenvalue weighted by atomic mass is 9.81. The molecule has 0 radical (unpaired) electrons. The van der Waals surface area contributed by atoms with Crippen molar-refractivity contribution in [3.8, 4) is 0 Å². The minimum absolute atomic E-state index is 0.223. The molecule has 0 aromatic carbocycles. The van der Waals surface area contributed by atoms with E-state index in [0.717, 1.165) is 53.9 Å². The topological polar surface area (TPSA) is 119 Å². The standard InChI is InChI=1S/C24H30N2O7S/c1-3-32-24(31)19-16-10-6-7-11-17(16)34-21(19)25-20(28)13(2)33-18(27)12-26-22(29)14-8-4-5-9-15(14)23(26)30/h13-15H,3-12H2,1-2H3,(H,25,28). The maximum absolute atomic E-state index is 12.8. The Bertz CT molecular complexity index is 993. The molecule has 1 aromatic rings. The molecule has 10 heteroatoms. The third-order valence-electron chi connectivity index (χ3n) is 6.78. The van der Waals surface area contributed by atoms with Gasteiger partial charge in [0.1, 0.15) is 11.5 Å². The van der Waals surface area contributed by atoms with Crippen LogP contribution in [-0.4, -0.2) is 53.8 Å². The summed E-state index contributed by atoms with van der Waals surface area (Å²) in [7, 11) is 0. The number of aryl methyl sites for hydroxylation is 1. The highest BCUT2D eigenvalue weighted by Gasteiger charge is 2.48. The maximum atomic E-state index is 12.8. The van der Waals surface area contributed by atoms with Crippen LogP contribution in [0, 0.1) is 11.8 Å². The van der Waals surface area contributed by atoms with Crippen LogP contribution in [0.3, 0.4) is 0 Å². The maximum Gasteiger partial charge on any atom is 0.341 e. The molecular formula is C24H30N2O7S. The fourth-order valence-electron chi connectivity index (χ4n) is 5.09. The molecule has 1 N–H and O–H groups in total. The molecule has 1 saturated carbocycles. The van der Waals surface area contributed by atoms with Gasteiger partial charge in [0.25, 0.3) is 5.91 Å². The van der Waals surface area contributed by atoms with Crippen molar-refractivity contribution in [3.05, 3.63) is 16.0 Å². The first-order valence-corrected chi connectivity index (χ1v) is 12.8. The van der Waals surface area contributed by atoms with Gasteiger partial charge in [-0.15, -0.1) is 11.3 Å². The zero-order chi connectivity index (χ0) is 24.4. The van der Waals surface area contributed by atoms with Gasteiger partial charge in [0.05, 0.1) is 24.0 Å². The number of ether oxygens (including phenoxy) is 2. The van der Waals surface area contributed by atoms with Crippen LogP contribution in [0.1, 0.15) is 73.2 Å². The van der Waals surface area contributed by atoms with E-state index < -0.39 is 30.5 Å². The summed E-state index contributed by atoms with van der Waals surface area (Å²) in [5.41, 5.74) is 1.30. The van der Waals surface area contributed by atoms with Crippen LogP contribution in [0.15, 0.2) is 0 Å². The Morgan fingerprint density at radius 3 is 2.35 bits per heavy atom. The lowest BCUT2D eigenvalue weighted by Crippen LogP contribution is -2.39. The summed E-state index contributed by atoms with van der Waals surface area (Å²) in [5.74, 6) is -3.24. The number of anilines is 1. The average Bonchev–Trinajstić information content (AvgIpc) is 3.29. The van der Waals surface area contributed by atoms with Crippen molar-refractivity contribution in [2.24, 2.45) is 11.8 Å². The van der Waals surface area contributed by atoms with E-state index in [1.54, 1.807) is 6.92 Å². The van der Waals surface area contributed by atoms with Crippen LogP contribution >= 0.6 is 11.3 Å². The third-order valence-corrected chi connectivity index (χ3v) is 7.99. The Morgan fingerprint density at radius 2 is 1.71 bits per heavy atom. The lowest BCUT2D eigenvalue weighted by Gasteiger charge is -2.19. The SMILES string of the molecule is CCOC(=O)c1c(NC(=O)C(C)OC(=O)CN2C(=O)C3CCCCC3C2=O)sc2c1CCCC2. The Hall–Kier alpha value is -2.75. The van der Waals surface area contributed by atoms with Gasteiger partial charge < -0.3 is 14.8 Å². The van der Waals surface area contributed by atoms with Crippen molar-refractivity contribution in [1.29, 1.82) is 0 Å². The van der Waals surface area contributed by atoms with Crippen LogP contribution in [-0.2, 0) is 41.5 Å². The van der Waals surface area contributed by atoms with E-state index in [0.29, 0.717) is 23.4 Å². The van der Waals surface area contributed by atoms with E-state index in [1.807, 2.05) is 0 Å². The number of fused-ring (bicyclic) bond motifs is 2. The summed E-state index contributed by atoms with van der Waals surface area (Å²) < 4.78 is 10.4. The first-order chi connectivity index (χ1) is 16.3. The van der Waals surface area contributed by atoms with Gasteiger partial charge in [-0.2, -0.15) is 0 Å². The quantitative estimate of drug-likeness (QED) is 0.461. The normalized spacial score (nSPS) is 22.6. The van der Waals surface area contributed by atoms with Crippen LogP contribution in [0.4, 0.5) is 5.00 Å². The molecule has 184 valence electrons. The number of nitrogens with zero attached hydrogens (tertiary/aromatic N) is 1. The highest BCUT2D eigenvalue weighted by Crippen LogP contribution is 2.39. The van der Waals surface area contributed by atoms with Crippen molar-refractivity contribution in [2.45, 2.75) is 71.3 Å². The number of rotatable bonds is 7. The molecule has 1 aliphatic heterocycles. The predicted octanol–water partition coefficient (Wildman–Crippen LogP) is 2.85. The second kappa shape index (κ2) is 10.2. The van der Waals surface area contributed by atoms with Gasteiger partial charge in [0.2, 0.25) is 11.8 Å². The van der Waals surface area contributed by atoms with Gasteiger partial charge in [-0.1, -0.05) is 12.8 Å². The highest BCUT2D eigenvalue weighted by molar-refractivity contribution is 7.17. The zero-order valence-electron chi connectivity index (χ0n) is 19.5.